The van der Waals surface area contributed by atoms with Crippen LogP contribution in [0.1, 0.15) is 27.7 Å². The lowest BCUT2D eigenvalue weighted by molar-refractivity contribution is 0.168. The lowest BCUT2D eigenvalue weighted by Crippen LogP contribution is -2.39. The van der Waals surface area contributed by atoms with Gasteiger partial charge in [0.05, 0.1) is 0 Å². The quantitative estimate of drug-likeness (QED) is 0.887. The molecule has 2 N–H and O–H groups in total. The highest BCUT2D eigenvalue weighted by Crippen LogP contribution is 2.18. The molecule has 0 atom stereocenters. The van der Waals surface area contributed by atoms with Crippen LogP contribution in [0.15, 0.2) is 30.7 Å². The second-order valence-corrected chi connectivity index (χ2v) is 5.84. The Morgan fingerprint density at radius 1 is 1.14 bits per heavy atom. The lowest BCUT2D eigenvalue weighted by atomic mass is 10.2. The van der Waals surface area contributed by atoms with E-state index in [-0.39, 0.29) is 0 Å². The zero-order chi connectivity index (χ0) is 15.4. The summed E-state index contributed by atoms with van der Waals surface area (Å²) in [6.45, 7) is 10.8. The first-order valence-electron chi connectivity index (χ1n) is 7.48. The van der Waals surface area contributed by atoms with E-state index in [1.54, 1.807) is 6.20 Å². The van der Waals surface area contributed by atoms with Crippen molar-refractivity contribution in [3.63, 3.8) is 0 Å². The van der Waals surface area contributed by atoms with Gasteiger partial charge in [0.15, 0.2) is 0 Å². The molecular formula is C16H25N5. The molecule has 0 fully saturated rings. The van der Waals surface area contributed by atoms with Gasteiger partial charge in [-0.05, 0) is 39.8 Å². The largest absolute Gasteiger partial charge is 0.384 e. The third-order valence-corrected chi connectivity index (χ3v) is 3.68. The van der Waals surface area contributed by atoms with Gasteiger partial charge in [0.25, 0.3) is 0 Å². The molecule has 5 nitrogen and oxygen atoms in total. The van der Waals surface area contributed by atoms with Gasteiger partial charge in [-0.15, -0.1) is 0 Å². The van der Waals surface area contributed by atoms with Crippen LogP contribution in [-0.2, 0) is 6.54 Å². The van der Waals surface area contributed by atoms with E-state index in [0.717, 1.165) is 24.5 Å². The average Bonchev–Trinajstić information content (AvgIpc) is 2.86. The van der Waals surface area contributed by atoms with Gasteiger partial charge >= 0.3 is 0 Å². The second-order valence-electron chi connectivity index (χ2n) is 5.84. The average molecular weight is 287 g/mol. The molecule has 0 radical (unpaired) electrons. The summed E-state index contributed by atoms with van der Waals surface area (Å²) >= 11 is 0. The van der Waals surface area contributed by atoms with E-state index in [1.165, 1.54) is 0 Å². The van der Waals surface area contributed by atoms with Crippen molar-refractivity contribution in [2.75, 3.05) is 12.3 Å². The number of anilines is 1. The van der Waals surface area contributed by atoms with Crippen LogP contribution in [0.5, 0.6) is 0 Å². The van der Waals surface area contributed by atoms with E-state index in [4.69, 9.17) is 5.73 Å². The first kappa shape index (κ1) is 15.5. The molecule has 2 aromatic heterocycles. The smallest absolute Gasteiger partial charge is 0.140 e. The number of hydrogen-bond acceptors (Lipinski definition) is 4. The van der Waals surface area contributed by atoms with Crippen LogP contribution in [0, 0.1) is 0 Å². The number of aromatic nitrogens is 3. The van der Waals surface area contributed by atoms with Crippen molar-refractivity contribution in [1.82, 2.24) is 19.4 Å². The fourth-order valence-electron chi connectivity index (χ4n) is 2.67. The second kappa shape index (κ2) is 6.72. The van der Waals surface area contributed by atoms with E-state index in [2.05, 4.69) is 47.1 Å². The highest BCUT2D eigenvalue weighted by atomic mass is 15.2. The molecule has 2 heterocycles. The Kier molecular flexibility index (Phi) is 4.96. The van der Waals surface area contributed by atoms with Crippen molar-refractivity contribution < 1.29 is 0 Å². The minimum absolute atomic E-state index is 0.521. The summed E-state index contributed by atoms with van der Waals surface area (Å²) in [5.41, 5.74) is 6.77. The molecule has 0 spiro atoms. The number of imidazole rings is 1. The summed E-state index contributed by atoms with van der Waals surface area (Å²) in [5.74, 6) is 1.46. The Morgan fingerprint density at radius 3 is 2.48 bits per heavy atom. The summed E-state index contributed by atoms with van der Waals surface area (Å²) in [6.07, 6.45) is 5.57. The van der Waals surface area contributed by atoms with E-state index in [0.29, 0.717) is 17.9 Å². The summed E-state index contributed by atoms with van der Waals surface area (Å²) in [7, 11) is 0. The lowest BCUT2D eigenvalue weighted by Gasteiger charge is -2.30. The number of hydrogen-bond donors (Lipinski definition) is 1. The maximum absolute atomic E-state index is 5.76. The molecule has 0 amide bonds. The van der Waals surface area contributed by atoms with Gasteiger partial charge in [0.2, 0.25) is 0 Å². The number of nitrogen functional groups attached to an aromatic ring is 1. The topological polar surface area (TPSA) is 60.0 Å². The van der Waals surface area contributed by atoms with Gasteiger partial charge in [-0.2, -0.15) is 0 Å². The zero-order valence-corrected chi connectivity index (χ0v) is 13.3. The fraction of sp³-hybridized carbons (Fsp3) is 0.500. The molecule has 0 bridgehead atoms. The monoisotopic (exact) mass is 287 g/mol. The van der Waals surface area contributed by atoms with Gasteiger partial charge in [-0.1, -0.05) is 0 Å². The van der Waals surface area contributed by atoms with Crippen LogP contribution in [0.2, 0.25) is 0 Å². The van der Waals surface area contributed by atoms with Gasteiger partial charge in [0.1, 0.15) is 11.6 Å². The third-order valence-electron chi connectivity index (χ3n) is 3.68. The first-order valence-corrected chi connectivity index (χ1v) is 7.48. The van der Waals surface area contributed by atoms with E-state index in [1.807, 2.05) is 24.5 Å². The normalized spacial score (nSPS) is 11.8. The van der Waals surface area contributed by atoms with Crippen molar-refractivity contribution in [2.24, 2.45) is 0 Å². The van der Waals surface area contributed by atoms with E-state index in [9.17, 15) is 0 Å². The minimum Gasteiger partial charge on any atom is -0.384 e. The standard InChI is InChI=1S/C16H25N5/c1-12(2)21(13(3)4)10-9-20-8-7-19-16(20)14-5-6-18-15(17)11-14/h5-8,11-13H,9-10H2,1-4H3,(H2,17,18). The van der Waals surface area contributed by atoms with Gasteiger partial charge < -0.3 is 10.3 Å². The number of nitrogens with two attached hydrogens (primary N) is 1. The SMILES string of the molecule is CC(C)N(CCn1ccnc1-c1ccnc(N)c1)C(C)C. The Morgan fingerprint density at radius 2 is 1.86 bits per heavy atom. The predicted molar refractivity (Wildman–Crippen MR) is 86.8 cm³/mol. The van der Waals surface area contributed by atoms with Crippen LogP contribution in [-0.4, -0.2) is 38.1 Å². The van der Waals surface area contributed by atoms with Crippen LogP contribution >= 0.6 is 0 Å². The molecule has 0 aromatic carbocycles. The molecule has 5 heteroatoms. The molecule has 0 aliphatic heterocycles. The molecule has 2 aromatic rings. The van der Waals surface area contributed by atoms with Crippen LogP contribution in [0.4, 0.5) is 5.82 Å². The van der Waals surface area contributed by atoms with Crippen molar-refractivity contribution in [3.8, 4) is 11.4 Å². The fourth-order valence-corrected chi connectivity index (χ4v) is 2.67. The summed E-state index contributed by atoms with van der Waals surface area (Å²) < 4.78 is 2.17. The Hall–Kier alpha value is -1.88. The van der Waals surface area contributed by atoms with Gasteiger partial charge in [-0.25, -0.2) is 9.97 Å². The number of nitrogens with zero attached hydrogens (tertiary/aromatic N) is 4. The Bertz CT molecular complexity index is 566. The number of rotatable bonds is 6. The van der Waals surface area contributed by atoms with E-state index >= 15 is 0 Å². The summed E-state index contributed by atoms with van der Waals surface area (Å²) in [4.78, 5) is 11.0. The van der Waals surface area contributed by atoms with Crippen molar-refractivity contribution in [1.29, 1.82) is 0 Å². The Balaban J connectivity index is 2.14. The third kappa shape index (κ3) is 3.82. The van der Waals surface area contributed by atoms with Crippen molar-refractivity contribution >= 4 is 5.82 Å². The molecule has 0 unspecified atom stereocenters. The molecule has 21 heavy (non-hydrogen) atoms. The highest BCUT2D eigenvalue weighted by molar-refractivity contribution is 5.58. The first-order chi connectivity index (χ1) is 9.99. The Labute approximate surface area is 126 Å². The van der Waals surface area contributed by atoms with Crippen molar-refractivity contribution in [3.05, 3.63) is 30.7 Å². The van der Waals surface area contributed by atoms with Crippen LogP contribution in [0.3, 0.4) is 0 Å². The molecular weight excluding hydrogens is 262 g/mol. The maximum Gasteiger partial charge on any atom is 0.140 e. The summed E-state index contributed by atoms with van der Waals surface area (Å²) in [6, 6.07) is 4.88. The molecule has 0 saturated carbocycles. The predicted octanol–water partition coefficient (Wildman–Crippen LogP) is 2.65. The van der Waals surface area contributed by atoms with Crippen molar-refractivity contribution in [2.45, 2.75) is 46.3 Å². The molecule has 0 saturated heterocycles. The van der Waals surface area contributed by atoms with Gasteiger partial charge in [-0.3, -0.25) is 4.90 Å². The molecule has 2 rings (SSSR count). The number of pyridine rings is 1. The zero-order valence-electron chi connectivity index (χ0n) is 13.3. The molecule has 0 aliphatic rings. The van der Waals surface area contributed by atoms with Gasteiger partial charge in [0, 0.05) is 49.3 Å². The maximum atomic E-state index is 5.76. The molecule has 114 valence electrons. The highest BCUT2D eigenvalue weighted by Gasteiger charge is 2.14. The van der Waals surface area contributed by atoms with Crippen LogP contribution in [0.25, 0.3) is 11.4 Å². The summed E-state index contributed by atoms with van der Waals surface area (Å²) in [5, 5.41) is 0. The molecule has 0 aliphatic carbocycles. The van der Waals surface area contributed by atoms with Crippen LogP contribution < -0.4 is 5.73 Å². The minimum atomic E-state index is 0.521. The van der Waals surface area contributed by atoms with E-state index < -0.39 is 0 Å².